The molecular weight excluding hydrogens is 296 g/mol. The Bertz CT molecular complexity index is 719. The maximum absolute atomic E-state index is 12.0. The van der Waals surface area contributed by atoms with E-state index in [1.54, 1.807) is 7.05 Å². The summed E-state index contributed by atoms with van der Waals surface area (Å²) in [5.41, 5.74) is 0.235. The van der Waals surface area contributed by atoms with Crippen molar-refractivity contribution in [1.29, 1.82) is 0 Å². The first-order valence-electron chi connectivity index (χ1n) is 6.19. The normalized spacial score (nSPS) is 11.5. The Morgan fingerprint density at radius 1 is 1.52 bits per heavy atom. The third kappa shape index (κ3) is 3.89. The van der Waals surface area contributed by atoms with Gasteiger partial charge in [-0.15, -0.1) is 0 Å². The Balaban J connectivity index is 1.90. The summed E-state index contributed by atoms with van der Waals surface area (Å²) in [6.45, 7) is 0.440. The van der Waals surface area contributed by atoms with E-state index < -0.39 is 10.0 Å². The second-order valence-electron chi connectivity index (χ2n) is 4.51. The molecule has 2 aromatic rings. The molecule has 9 nitrogen and oxygen atoms in total. The number of rotatable bonds is 6. The number of carbonyl (C=O) groups is 1. The first kappa shape index (κ1) is 15.2. The van der Waals surface area contributed by atoms with Gasteiger partial charge in [-0.2, -0.15) is 5.10 Å². The van der Waals surface area contributed by atoms with Crippen LogP contribution in [0.25, 0.3) is 0 Å². The van der Waals surface area contributed by atoms with E-state index in [0.717, 1.165) is 5.82 Å². The van der Waals surface area contributed by atoms with Gasteiger partial charge in [0.25, 0.3) is 5.91 Å². The summed E-state index contributed by atoms with van der Waals surface area (Å²) in [4.78, 5) is 15.8. The van der Waals surface area contributed by atoms with E-state index in [1.165, 1.54) is 23.2 Å². The summed E-state index contributed by atoms with van der Waals surface area (Å²) in [5, 5.41) is 14.2. The summed E-state index contributed by atoms with van der Waals surface area (Å²) in [5.74, 6) is 0.393. The molecule has 0 aliphatic carbocycles. The fraction of sp³-hybridized carbons (Fsp3) is 0.364. The van der Waals surface area contributed by atoms with Gasteiger partial charge in [0, 0.05) is 26.2 Å². The highest BCUT2D eigenvalue weighted by molar-refractivity contribution is 7.89. The smallest absolute Gasteiger partial charge is 0.267 e. The lowest BCUT2D eigenvalue weighted by Gasteiger charge is -2.05. The zero-order valence-electron chi connectivity index (χ0n) is 11.4. The van der Waals surface area contributed by atoms with Crippen molar-refractivity contribution < 1.29 is 13.2 Å². The SMILES string of the molecule is Cn1cc(S(N)(=O)=O)cc1C(=O)NCCCc1ncn[nH]1. The number of carbonyl (C=O) groups excluding carboxylic acids is 1. The van der Waals surface area contributed by atoms with Crippen molar-refractivity contribution in [2.24, 2.45) is 12.2 Å². The fourth-order valence-corrected chi connectivity index (χ4v) is 2.40. The molecule has 4 N–H and O–H groups in total. The van der Waals surface area contributed by atoms with Crippen LogP contribution in [0.5, 0.6) is 0 Å². The molecule has 0 aliphatic rings. The van der Waals surface area contributed by atoms with Crippen LogP contribution in [-0.4, -0.2) is 40.6 Å². The van der Waals surface area contributed by atoms with Crippen molar-refractivity contribution in [3.05, 3.63) is 30.1 Å². The summed E-state index contributed by atoms with van der Waals surface area (Å²) >= 11 is 0. The predicted molar refractivity (Wildman–Crippen MR) is 73.8 cm³/mol. The molecule has 10 heteroatoms. The van der Waals surface area contributed by atoms with Gasteiger partial charge in [0.1, 0.15) is 22.7 Å². The maximum atomic E-state index is 12.0. The van der Waals surface area contributed by atoms with Crippen LogP contribution in [0.3, 0.4) is 0 Å². The van der Waals surface area contributed by atoms with Crippen molar-refractivity contribution in [2.75, 3.05) is 6.54 Å². The number of hydrogen-bond donors (Lipinski definition) is 3. The first-order chi connectivity index (χ1) is 9.88. The third-order valence-corrected chi connectivity index (χ3v) is 3.76. The third-order valence-electron chi connectivity index (χ3n) is 2.88. The number of aryl methyl sites for hydroxylation is 2. The molecule has 0 fully saturated rings. The van der Waals surface area contributed by atoms with Crippen LogP contribution >= 0.6 is 0 Å². The van der Waals surface area contributed by atoms with Gasteiger partial charge in [0.2, 0.25) is 10.0 Å². The first-order valence-corrected chi connectivity index (χ1v) is 7.74. The zero-order valence-corrected chi connectivity index (χ0v) is 12.2. The van der Waals surface area contributed by atoms with Gasteiger partial charge in [-0.25, -0.2) is 18.5 Å². The van der Waals surface area contributed by atoms with Gasteiger partial charge in [-0.3, -0.25) is 9.89 Å². The molecule has 2 heterocycles. The van der Waals surface area contributed by atoms with Crippen molar-refractivity contribution in [3.8, 4) is 0 Å². The number of nitrogens with zero attached hydrogens (tertiary/aromatic N) is 3. The van der Waals surface area contributed by atoms with Gasteiger partial charge in [0.05, 0.1) is 0 Å². The molecule has 21 heavy (non-hydrogen) atoms. The van der Waals surface area contributed by atoms with Gasteiger partial charge < -0.3 is 9.88 Å². The van der Waals surface area contributed by atoms with E-state index in [2.05, 4.69) is 20.5 Å². The monoisotopic (exact) mass is 312 g/mol. The number of nitrogens with one attached hydrogen (secondary N) is 2. The van der Waals surface area contributed by atoms with Gasteiger partial charge in [-0.1, -0.05) is 0 Å². The number of amides is 1. The summed E-state index contributed by atoms with van der Waals surface area (Å²) in [6, 6.07) is 1.25. The molecule has 0 atom stereocenters. The molecule has 0 aliphatic heterocycles. The lowest BCUT2D eigenvalue weighted by Crippen LogP contribution is -2.26. The van der Waals surface area contributed by atoms with Gasteiger partial charge in [-0.05, 0) is 12.5 Å². The molecule has 2 aromatic heterocycles. The number of aromatic nitrogens is 4. The largest absolute Gasteiger partial charge is 0.351 e. The highest BCUT2D eigenvalue weighted by Gasteiger charge is 2.17. The van der Waals surface area contributed by atoms with Crippen LogP contribution < -0.4 is 10.5 Å². The Labute approximate surface area is 121 Å². The highest BCUT2D eigenvalue weighted by Crippen LogP contribution is 2.11. The lowest BCUT2D eigenvalue weighted by molar-refractivity contribution is 0.0945. The molecule has 114 valence electrons. The van der Waals surface area contributed by atoms with Crippen molar-refractivity contribution in [2.45, 2.75) is 17.7 Å². The standard InChI is InChI=1S/C11H16N6O3S/c1-17-6-8(21(12,19)20)5-9(17)11(18)13-4-2-3-10-14-7-15-16-10/h5-7H,2-4H2,1H3,(H,13,18)(H2,12,19,20)(H,14,15,16). The average molecular weight is 312 g/mol. The summed E-state index contributed by atoms with van der Waals surface area (Å²) in [7, 11) is -2.23. The Kier molecular flexibility index (Phi) is 4.38. The van der Waals surface area contributed by atoms with E-state index in [9.17, 15) is 13.2 Å². The molecule has 0 saturated carbocycles. The van der Waals surface area contributed by atoms with Gasteiger partial charge in [0.15, 0.2) is 0 Å². The van der Waals surface area contributed by atoms with Crippen LogP contribution in [0.15, 0.2) is 23.5 Å². The summed E-state index contributed by atoms with van der Waals surface area (Å²) < 4.78 is 23.9. The van der Waals surface area contributed by atoms with Crippen LogP contribution in [0, 0.1) is 0 Å². The van der Waals surface area contributed by atoms with E-state index >= 15 is 0 Å². The van der Waals surface area contributed by atoms with Crippen LogP contribution in [0.2, 0.25) is 0 Å². The van der Waals surface area contributed by atoms with E-state index in [0.29, 0.717) is 19.4 Å². The fourth-order valence-electron chi connectivity index (χ4n) is 1.82. The van der Waals surface area contributed by atoms with Gasteiger partial charge >= 0.3 is 0 Å². The average Bonchev–Trinajstić information content (AvgIpc) is 3.02. The van der Waals surface area contributed by atoms with Crippen LogP contribution in [0.1, 0.15) is 22.7 Å². The minimum absolute atomic E-state index is 0.0863. The molecule has 1 amide bonds. The second kappa shape index (κ2) is 6.06. The molecule has 0 radical (unpaired) electrons. The van der Waals surface area contributed by atoms with Crippen molar-refractivity contribution >= 4 is 15.9 Å². The highest BCUT2D eigenvalue weighted by atomic mass is 32.2. The second-order valence-corrected chi connectivity index (χ2v) is 6.07. The molecule has 0 aromatic carbocycles. The van der Waals surface area contributed by atoms with Crippen molar-refractivity contribution in [3.63, 3.8) is 0 Å². The molecule has 2 rings (SSSR count). The zero-order chi connectivity index (χ0) is 15.5. The number of H-pyrrole nitrogens is 1. The predicted octanol–water partition coefficient (Wildman–Crippen LogP) is -0.847. The van der Waals surface area contributed by atoms with Crippen LogP contribution in [-0.2, 0) is 23.5 Å². The minimum Gasteiger partial charge on any atom is -0.351 e. The summed E-state index contributed by atoms with van der Waals surface area (Å²) in [6.07, 6.45) is 4.08. The topological polar surface area (TPSA) is 136 Å². The number of sulfonamides is 1. The molecule has 0 bridgehead atoms. The van der Waals surface area contributed by atoms with E-state index in [1.807, 2.05) is 0 Å². The quantitative estimate of drug-likeness (QED) is 0.597. The number of aromatic amines is 1. The number of primary sulfonamides is 1. The van der Waals surface area contributed by atoms with E-state index in [4.69, 9.17) is 5.14 Å². The Morgan fingerprint density at radius 2 is 2.29 bits per heavy atom. The molecule has 0 unspecified atom stereocenters. The number of hydrogen-bond acceptors (Lipinski definition) is 5. The van der Waals surface area contributed by atoms with E-state index in [-0.39, 0.29) is 16.5 Å². The van der Waals surface area contributed by atoms with Crippen molar-refractivity contribution in [1.82, 2.24) is 25.1 Å². The molecule has 0 spiro atoms. The minimum atomic E-state index is -3.81. The number of nitrogens with two attached hydrogens (primary N) is 1. The maximum Gasteiger partial charge on any atom is 0.267 e. The lowest BCUT2D eigenvalue weighted by atomic mass is 10.3. The Hall–Kier alpha value is -2.20. The molecule has 0 saturated heterocycles. The Morgan fingerprint density at radius 3 is 2.86 bits per heavy atom. The van der Waals surface area contributed by atoms with Crippen LogP contribution in [0.4, 0.5) is 0 Å². The molecular formula is C11H16N6O3S.